The van der Waals surface area contributed by atoms with Gasteiger partial charge in [-0.15, -0.1) is 0 Å². The Kier molecular flexibility index (Phi) is 6.16. The van der Waals surface area contributed by atoms with Crippen LogP contribution < -0.4 is 0 Å². The average Bonchev–Trinajstić information content (AvgIpc) is 2.77. The highest BCUT2D eigenvalue weighted by atomic mass is 35.5. The third-order valence-corrected chi connectivity index (χ3v) is 4.99. The summed E-state index contributed by atoms with van der Waals surface area (Å²) in [5, 5.41) is 26.9. The van der Waals surface area contributed by atoms with Gasteiger partial charge >= 0.3 is 11.9 Å². The summed E-state index contributed by atoms with van der Waals surface area (Å²) in [6, 6.07) is 4.68. The molecule has 2 unspecified atom stereocenters. The fourth-order valence-electron chi connectivity index (χ4n) is 3.47. The molecule has 2 saturated heterocycles. The summed E-state index contributed by atoms with van der Waals surface area (Å²) >= 11 is 5.79. The summed E-state index contributed by atoms with van der Waals surface area (Å²) < 4.78 is 0. The summed E-state index contributed by atoms with van der Waals surface area (Å²) in [5.74, 6) is -2.51. The van der Waals surface area contributed by atoms with Crippen molar-refractivity contribution in [2.24, 2.45) is 0 Å². The van der Waals surface area contributed by atoms with Crippen LogP contribution in [0.1, 0.15) is 31.2 Å². The summed E-state index contributed by atoms with van der Waals surface area (Å²) in [6.07, 6.45) is 6.85. The van der Waals surface area contributed by atoms with Crippen molar-refractivity contribution in [3.63, 3.8) is 0 Å². The first-order valence-corrected chi connectivity index (χ1v) is 8.29. The van der Waals surface area contributed by atoms with Crippen molar-refractivity contribution < 1.29 is 24.9 Å². The first kappa shape index (κ1) is 19.4. The second-order valence-electron chi connectivity index (χ2n) is 6.37. The predicted octanol–water partition coefficient (Wildman–Crippen LogP) is 1.89. The van der Waals surface area contributed by atoms with E-state index in [4.69, 9.17) is 21.8 Å². The van der Waals surface area contributed by atoms with Crippen LogP contribution in [0.5, 0.6) is 0 Å². The summed E-state index contributed by atoms with van der Waals surface area (Å²) in [5.41, 5.74) is 0.197. The number of aliphatic hydroxyl groups is 1. The second-order valence-corrected chi connectivity index (χ2v) is 6.76. The number of fused-ring (bicyclic) bond motifs is 2. The summed E-state index contributed by atoms with van der Waals surface area (Å²) in [6.45, 7) is 0. The number of aliphatic carboxylic acids is 2. The molecule has 0 spiro atoms. The Hall–Kier alpha value is -1.96. The van der Waals surface area contributed by atoms with Gasteiger partial charge in [0.2, 0.25) is 0 Å². The van der Waals surface area contributed by atoms with Gasteiger partial charge in [0.05, 0.1) is 5.60 Å². The molecule has 0 aliphatic carbocycles. The fourth-order valence-corrected chi connectivity index (χ4v) is 3.59. The number of halogens is 1. The van der Waals surface area contributed by atoms with E-state index in [-0.39, 0.29) is 0 Å². The number of rotatable bonds is 3. The Morgan fingerprint density at radius 3 is 2.12 bits per heavy atom. The Bertz CT molecular complexity index is 632. The SMILES string of the molecule is CN1C2CCC1CC(O)(c1ccc(Cl)nc1)C2.O=C(O)/C=C\C(=O)O. The Balaban J connectivity index is 0.000000242. The first-order chi connectivity index (χ1) is 11.7. The lowest BCUT2D eigenvalue weighted by atomic mass is 9.81. The van der Waals surface area contributed by atoms with Crippen LogP contribution >= 0.6 is 11.6 Å². The van der Waals surface area contributed by atoms with E-state index in [2.05, 4.69) is 16.9 Å². The lowest BCUT2D eigenvalue weighted by Crippen LogP contribution is -2.47. The molecule has 1 aromatic rings. The number of nitrogens with zero attached hydrogens (tertiary/aromatic N) is 2. The molecule has 0 amide bonds. The molecule has 3 rings (SSSR count). The van der Waals surface area contributed by atoms with Crippen molar-refractivity contribution in [1.29, 1.82) is 0 Å². The van der Waals surface area contributed by atoms with E-state index in [0.717, 1.165) is 18.4 Å². The topological polar surface area (TPSA) is 111 Å². The van der Waals surface area contributed by atoms with E-state index < -0.39 is 17.5 Å². The number of carboxylic acid groups (broad SMARTS) is 2. The maximum Gasteiger partial charge on any atom is 0.328 e. The van der Waals surface area contributed by atoms with Gasteiger partial charge < -0.3 is 20.2 Å². The number of carbonyl (C=O) groups is 2. The van der Waals surface area contributed by atoms with Gasteiger partial charge in [0, 0.05) is 36.0 Å². The quantitative estimate of drug-likeness (QED) is 0.551. The molecule has 136 valence electrons. The van der Waals surface area contributed by atoms with Crippen LogP contribution in [0.15, 0.2) is 30.5 Å². The first-order valence-electron chi connectivity index (χ1n) is 7.91. The van der Waals surface area contributed by atoms with Gasteiger partial charge in [-0.1, -0.05) is 17.7 Å². The number of carboxylic acids is 2. The van der Waals surface area contributed by atoms with Crippen molar-refractivity contribution in [2.75, 3.05) is 7.05 Å². The van der Waals surface area contributed by atoms with E-state index in [1.807, 2.05) is 6.07 Å². The maximum absolute atomic E-state index is 10.8. The van der Waals surface area contributed by atoms with Crippen molar-refractivity contribution in [2.45, 2.75) is 43.4 Å². The number of pyridine rings is 1. The van der Waals surface area contributed by atoms with E-state index >= 15 is 0 Å². The molecule has 1 aromatic heterocycles. The van der Waals surface area contributed by atoms with Gasteiger partial charge in [-0.3, -0.25) is 0 Å². The zero-order valence-electron chi connectivity index (χ0n) is 13.8. The van der Waals surface area contributed by atoms with E-state index in [0.29, 0.717) is 29.4 Å². The Morgan fingerprint density at radius 2 is 1.72 bits per heavy atom. The number of piperidine rings is 1. The zero-order chi connectivity index (χ0) is 18.6. The van der Waals surface area contributed by atoms with E-state index in [1.54, 1.807) is 12.3 Å². The molecule has 2 atom stereocenters. The molecule has 25 heavy (non-hydrogen) atoms. The zero-order valence-corrected chi connectivity index (χ0v) is 14.6. The van der Waals surface area contributed by atoms with Gasteiger partial charge in [-0.05, 0) is 38.8 Å². The molecule has 0 radical (unpaired) electrons. The molecule has 2 aliphatic heterocycles. The molecule has 2 aliphatic rings. The van der Waals surface area contributed by atoms with Gasteiger partial charge in [0.25, 0.3) is 0 Å². The van der Waals surface area contributed by atoms with Crippen molar-refractivity contribution in [1.82, 2.24) is 9.88 Å². The highest BCUT2D eigenvalue weighted by molar-refractivity contribution is 6.29. The van der Waals surface area contributed by atoms with Gasteiger partial charge in [0.1, 0.15) is 5.15 Å². The van der Waals surface area contributed by atoms with Crippen LogP contribution in [0.3, 0.4) is 0 Å². The van der Waals surface area contributed by atoms with Crippen LogP contribution in [0.25, 0.3) is 0 Å². The number of hydrogen-bond donors (Lipinski definition) is 3. The minimum atomic E-state index is -1.26. The predicted molar refractivity (Wildman–Crippen MR) is 91.4 cm³/mol. The summed E-state index contributed by atoms with van der Waals surface area (Å²) in [4.78, 5) is 25.6. The van der Waals surface area contributed by atoms with Gasteiger partial charge in [-0.2, -0.15) is 0 Å². The lowest BCUT2D eigenvalue weighted by molar-refractivity contribution is -0.134. The van der Waals surface area contributed by atoms with E-state index in [9.17, 15) is 14.7 Å². The molecule has 0 aromatic carbocycles. The largest absolute Gasteiger partial charge is 0.478 e. The third-order valence-electron chi connectivity index (χ3n) is 4.76. The van der Waals surface area contributed by atoms with Crippen LogP contribution in [-0.4, -0.2) is 56.3 Å². The molecule has 3 heterocycles. The molecule has 2 bridgehead atoms. The number of hydrogen-bond acceptors (Lipinski definition) is 5. The summed E-state index contributed by atoms with van der Waals surface area (Å²) in [7, 11) is 2.17. The monoisotopic (exact) mass is 368 g/mol. The lowest BCUT2D eigenvalue weighted by Gasteiger charge is -2.42. The molecular weight excluding hydrogens is 348 g/mol. The standard InChI is InChI=1S/C13H17ClN2O.C4H4O4/c1-16-10-3-4-11(16)7-13(17,6-10)9-2-5-12(14)15-8-9;5-3(6)1-2-4(7)8/h2,5,8,10-11,17H,3-4,6-7H2,1H3;1-2H,(H,5,6)(H,7,8)/b;2-1-. The Labute approximate surface area is 150 Å². The smallest absolute Gasteiger partial charge is 0.328 e. The van der Waals surface area contributed by atoms with Crippen molar-refractivity contribution in [3.8, 4) is 0 Å². The highest BCUT2D eigenvalue weighted by Gasteiger charge is 2.46. The van der Waals surface area contributed by atoms with Gasteiger partial charge in [0.15, 0.2) is 0 Å². The van der Waals surface area contributed by atoms with Crippen LogP contribution in [0.4, 0.5) is 0 Å². The normalized spacial score (nSPS) is 28.4. The third kappa shape index (κ3) is 5.01. The highest BCUT2D eigenvalue weighted by Crippen LogP contribution is 2.44. The minimum Gasteiger partial charge on any atom is -0.478 e. The number of aromatic nitrogens is 1. The molecule has 0 saturated carbocycles. The molecule has 2 fully saturated rings. The maximum atomic E-state index is 10.8. The van der Waals surface area contributed by atoms with Crippen LogP contribution in [0, 0.1) is 0 Å². The minimum absolute atomic E-state index is 0.480. The van der Waals surface area contributed by atoms with Crippen LogP contribution in [-0.2, 0) is 15.2 Å². The molecule has 7 nitrogen and oxygen atoms in total. The Morgan fingerprint density at radius 1 is 1.20 bits per heavy atom. The average molecular weight is 369 g/mol. The molecule has 8 heteroatoms. The van der Waals surface area contributed by atoms with E-state index in [1.165, 1.54) is 12.8 Å². The van der Waals surface area contributed by atoms with Crippen molar-refractivity contribution >= 4 is 23.5 Å². The molecular formula is C17H21ClN2O5. The molecule has 3 N–H and O–H groups in total. The fraction of sp³-hybridized carbons (Fsp3) is 0.471. The van der Waals surface area contributed by atoms with Crippen LogP contribution in [0.2, 0.25) is 5.15 Å². The second kappa shape index (κ2) is 7.95. The van der Waals surface area contributed by atoms with Crippen molar-refractivity contribution in [3.05, 3.63) is 41.2 Å². The van der Waals surface area contributed by atoms with Gasteiger partial charge in [-0.25, -0.2) is 14.6 Å².